The highest BCUT2D eigenvalue weighted by molar-refractivity contribution is 5.97. The quantitative estimate of drug-likeness (QED) is 0.329. The van der Waals surface area contributed by atoms with Gasteiger partial charge in [0.1, 0.15) is 12.6 Å². The van der Waals surface area contributed by atoms with Gasteiger partial charge in [-0.3, -0.25) is 9.69 Å². The van der Waals surface area contributed by atoms with Crippen molar-refractivity contribution < 1.29 is 19.1 Å². The van der Waals surface area contributed by atoms with Crippen LogP contribution in [0.2, 0.25) is 0 Å². The minimum atomic E-state index is -0.688. The first-order valence-corrected chi connectivity index (χ1v) is 12.6. The maximum Gasteiger partial charge on any atom is 0.410 e. The van der Waals surface area contributed by atoms with Crippen LogP contribution in [0.1, 0.15) is 25.8 Å². The van der Waals surface area contributed by atoms with Crippen molar-refractivity contribution >= 4 is 28.6 Å². The van der Waals surface area contributed by atoms with E-state index in [0.717, 1.165) is 27.6 Å². The maximum absolute atomic E-state index is 13.4. The number of H-pyrrole nitrogens is 1. The second-order valence-corrected chi connectivity index (χ2v) is 9.60. The number of rotatable bonds is 7. The summed E-state index contributed by atoms with van der Waals surface area (Å²) in [6, 6.07) is 24.8. The second kappa shape index (κ2) is 10.9. The molecule has 3 aromatic carbocycles. The van der Waals surface area contributed by atoms with Crippen molar-refractivity contribution in [2.24, 2.45) is 0 Å². The van der Waals surface area contributed by atoms with Crippen molar-refractivity contribution in [1.29, 1.82) is 0 Å². The number of nitrogens with one attached hydrogen (secondary N) is 2. The Bertz CT molecular complexity index is 1380. The van der Waals surface area contributed by atoms with Crippen molar-refractivity contribution in [3.05, 3.63) is 90.6 Å². The Labute approximate surface area is 216 Å². The Hall–Kier alpha value is -4.10. The molecule has 1 saturated heterocycles. The van der Waals surface area contributed by atoms with E-state index in [4.69, 9.17) is 9.47 Å². The molecule has 190 valence electrons. The topological polar surface area (TPSA) is 83.7 Å². The van der Waals surface area contributed by atoms with Crippen molar-refractivity contribution in [1.82, 2.24) is 9.88 Å². The molecule has 1 aliphatic heterocycles. The summed E-state index contributed by atoms with van der Waals surface area (Å²) in [5.41, 5.74) is 4.68. The average molecular weight is 498 g/mol. The highest BCUT2D eigenvalue weighted by Crippen LogP contribution is 2.28. The monoisotopic (exact) mass is 497 g/mol. The van der Waals surface area contributed by atoms with Gasteiger partial charge in [0.15, 0.2) is 0 Å². The number of carbonyl (C=O) groups is 2. The molecular formula is C30H31N3O4. The van der Waals surface area contributed by atoms with Crippen molar-refractivity contribution in [2.45, 2.75) is 45.1 Å². The number of aromatic amines is 1. The molecule has 2 heterocycles. The highest BCUT2D eigenvalue weighted by atomic mass is 16.6. The molecule has 1 aromatic heterocycles. The zero-order valence-corrected chi connectivity index (χ0v) is 21.0. The van der Waals surface area contributed by atoms with Gasteiger partial charge >= 0.3 is 6.09 Å². The molecule has 2 amide bonds. The number of amides is 2. The van der Waals surface area contributed by atoms with Crippen LogP contribution in [0.5, 0.6) is 0 Å². The third kappa shape index (κ3) is 5.84. The van der Waals surface area contributed by atoms with Gasteiger partial charge < -0.3 is 19.8 Å². The first-order valence-electron chi connectivity index (χ1n) is 12.6. The number of carbonyl (C=O) groups excluding carboxylic acids is 2. The first-order chi connectivity index (χ1) is 18.0. The number of ether oxygens (including phenoxy) is 2. The van der Waals surface area contributed by atoms with Gasteiger partial charge in [-0.1, -0.05) is 48.5 Å². The van der Waals surface area contributed by atoms with Crippen LogP contribution in [-0.2, 0) is 20.9 Å². The molecule has 2 N–H and O–H groups in total. The summed E-state index contributed by atoms with van der Waals surface area (Å²) in [7, 11) is 0. The molecule has 0 radical (unpaired) electrons. The average Bonchev–Trinajstić information content (AvgIpc) is 3.54. The van der Waals surface area contributed by atoms with Crippen molar-refractivity contribution in [2.75, 3.05) is 11.9 Å². The minimum absolute atomic E-state index is 0.0111. The predicted octanol–water partition coefficient (Wildman–Crippen LogP) is 5.98. The van der Waals surface area contributed by atoms with Crippen LogP contribution in [0.15, 0.2) is 85.1 Å². The van der Waals surface area contributed by atoms with Gasteiger partial charge in [-0.2, -0.15) is 0 Å². The van der Waals surface area contributed by atoms with Crippen LogP contribution in [0.4, 0.5) is 10.5 Å². The number of aromatic nitrogens is 1. The van der Waals surface area contributed by atoms with Gasteiger partial charge in [0, 0.05) is 23.8 Å². The summed E-state index contributed by atoms with van der Waals surface area (Å²) in [4.78, 5) is 31.1. The SMILES string of the molecule is CC(C)OC1C[C@@H](C(=O)Nc2cccc(-c3ccc4[nH]ccc4c3)c2)N(C(=O)OCc2ccccc2)C1. The van der Waals surface area contributed by atoms with E-state index in [2.05, 4.69) is 22.4 Å². The molecule has 7 heteroatoms. The maximum atomic E-state index is 13.4. The molecule has 7 nitrogen and oxygen atoms in total. The van der Waals surface area contributed by atoms with E-state index in [1.807, 2.05) is 86.8 Å². The number of likely N-dealkylation sites (tertiary alicyclic amines) is 1. The first kappa shape index (κ1) is 24.6. The normalized spacial score (nSPS) is 17.3. The summed E-state index contributed by atoms with van der Waals surface area (Å²) in [5, 5.41) is 4.13. The Morgan fingerprint density at radius 1 is 1.00 bits per heavy atom. The van der Waals surface area contributed by atoms with Gasteiger partial charge in [0.2, 0.25) is 5.91 Å². The molecule has 0 bridgehead atoms. The molecule has 37 heavy (non-hydrogen) atoms. The molecule has 0 aliphatic carbocycles. The van der Waals surface area contributed by atoms with Crippen LogP contribution in [0.25, 0.3) is 22.0 Å². The van der Waals surface area contributed by atoms with Crippen molar-refractivity contribution in [3.63, 3.8) is 0 Å². The van der Waals surface area contributed by atoms with Gasteiger partial charge in [-0.05, 0) is 66.3 Å². The van der Waals surface area contributed by atoms with E-state index in [1.54, 1.807) is 0 Å². The molecule has 1 fully saturated rings. The lowest BCUT2D eigenvalue weighted by Gasteiger charge is -2.23. The molecule has 4 aromatic rings. The Kier molecular flexibility index (Phi) is 7.23. The smallest absolute Gasteiger partial charge is 0.410 e. The number of benzene rings is 3. The molecule has 5 rings (SSSR count). The van der Waals surface area contributed by atoms with Crippen LogP contribution in [0, 0.1) is 0 Å². The zero-order chi connectivity index (χ0) is 25.8. The summed E-state index contributed by atoms with van der Waals surface area (Å²) in [6.45, 7) is 4.35. The molecule has 0 saturated carbocycles. The van der Waals surface area contributed by atoms with E-state index in [-0.39, 0.29) is 24.7 Å². The van der Waals surface area contributed by atoms with E-state index in [0.29, 0.717) is 18.7 Å². The molecule has 0 spiro atoms. The van der Waals surface area contributed by atoms with E-state index >= 15 is 0 Å². The van der Waals surface area contributed by atoms with Crippen LogP contribution in [0.3, 0.4) is 0 Å². The summed E-state index contributed by atoms with van der Waals surface area (Å²) < 4.78 is 11.5. The molecule has 1 unspecified atom stereocenters. The lowest BCUT2D eigenvalue weighted by atomic mass is 10.0. The van der Waals surface area contributed by atoms with E-state index in [9.17, 15) is 9.59 Å². The number of hydrogen-bond donors (Lipinski definition) is 2. The Morgan fingerprint density at radius 3 is 2.62 bits per heavy atom. The highest BCUT2D eigenvalue weighted by Gasteiger charge is 2.41. The Balaban J connectivity index is 1.30. The summed E-state index contributed by atoms with van der Waals surface area (Å²) >= 11 is 0. The Morgan fingerprint density at radius 2 is 1.81 bits per heavy atom. The molecule has 1 aliphatic rings. The fraction of sp³-hybridized carbons (Fsp3) is 0.267. The van der Waals surface area contributed by atoms with E-state index in [1.165, 1.54) is 4.90 Å². The lowest BCUT2D eigenvalue weighted by molar-refractivity contribution is -0.120. The molecular weight excluding hydrogens is 466 g/mol. The van der Waals surface area contributed by atoms with Crippen LogP contribution >= 0.6 is 0 Å². The largest absolute Gasteiger partial charge is 0.445 e. The number of fused-ring (bicyclic) bond motifs is 1. The standard InChI is InChI=1S/C30H31N3O4/c1-20(2)37-26-17-28(33(18-26)30(35)36-19-21-7-4-3-5-8-21)29(34)32-25-10-6-9-22(16-25)23-11-12-27-24(15-23)13-14-31-27/h3-16,20,26,28,31H,17-19H2,1-2H3,(H,32,34)/t26?,28-/m0/s1. The van der Waals surface area contributed by atoms with E-state index < -0.39 is 12.1 Å². The van der Waals surface area contributed by atoms with Crippen LogP contribution in [-0.4, -0.2) is 46.7 Å². The lowest BCUT2D eigenvalue weighted by Crippen LogP contribution is -2.43. The third-order valence-corrected chi connectivity index (χ3v) is 6.49. The molecule has 2 atom stereocenters. The fourth-order valence-electron chi connectivity index (χ4n) is 4.77. The van der Waals surface area contributed by atoms with Gasteiger partial charge in [-0.25, -0.2) is 4.79 Å². The van der Waals surface area contributed by atoms with Gasteiger partial charge in [0.25, 0.3) is 0 Å². The van der Waals surface area contributed by atoms with Crippen LogP contribution < -0.4 is 5.32 Å². The van der Waals surface area contributed by atoms with Crippen molar-refractivity contribution in [3.8, 4) is 11.1 Å². The summed E-state index contributed by atoms with van der Waals surface area (Å²) in [6.07, 6.45) is 1.56. The fourth-order valence-corrected chi connectivity index (χ4v) is 4.77. The van der Waals surface area contributed by atoms with Gasteiger partial charge in [0.05, 0.1) is 18.8 Å². The van der Waals surface area contributed by atoms with Gasteiger partial charge in [-0.15, -0.1) is 0 Å². The zero-order valence-electron chi connectivity index (χ0n) is 21.0. The third-order valence-electron chi connectivity index (χ3n) is 6.49. The predicted molar refractivity (Wildman–Crippen MR) is 144 cm³/mol. The summed E-state index contributed by atoms with van der Waals surface area (Å²) in [5.74, 6) is -0.259. The minimum Gasteiger partial charge on any atom is -0.445 e. The number of anilines is 1. The number of nitrogens with zero attached hydrogens (tertiary/aromatic N) is 1. The number of hydrogen-bond acceptors (Lipinski definition) is 4. The second-order valence-electron chi connectivity index (χ2n) is 9.60.